The van der Waals surface area contributed by atoms with Gasteiger partial charge in [-0.15, -0.1) is 0 Å². The van der Waals surface area contributed by atoms with Crippen molar-refractivity contribution < 1.29 is 14.3 Å². The van der Waals surface area contributed by atoms with Crippen LogP contribution in [0.15, 0.2) is 39.9 Å². The zero-order valence-electron chi connectivity index (χ0n) is 18.3. The molecule has 0 spiro atoms. The average Bonchev–Trinajstić information content (AvgIpc) is 3.05. The van der Waals surface area contributed by atoms with Gasteiger partial charge in [0.15, 0.2) is 5.69 Å². The Balaban J connectivity index is 2.04. The molecule has 0 aliphatic rings. The maximum atomic E-state index is 13.2. The van der Waals surface area contributed by atoms with Crippen molar-refractivity contribution in [2.75, 3.05) is 24.3 Å². The van der Waals surface area contributed by atoms with Crippen molar-refractivity contribution in [3.05, 3.63) is 79.2 Å². The average molecular weight is 439 g/mol. The second kappa shape index (κ2) is 8.96. The number of benzene rings is 1. The molecule has 0 radical (unpaired) electrons. The fourth-order valence-electron chi connectivity index (χ4n) is 3.57. The number of ether oxygens (including phenoxy) is 1. The largest absolute Gasteiger partial charge is 0.462 e. The zero-order chi connectivity index (χ0) is 23.6. The van der Waals surface area contributed by atoms with E-state index in [1.165, 1.54) is 11.6 Å². The molecule has 0 atom stereocenters. The van der Waals surface area contributed by atoms with Gasteiger partial charge < -0.3 is 20.4 Å². The van der Waals surface area contributed by atoms with Gasteiger partial charge in [-0.05, 0) is 31.9 Å². The summed E-state index contributed by atoms with van der Waals surface area (Å²) in [7, 11) is 1.38. The molecule has 3 rings (SSSR count). The molecular weight excluding hydrogens is 414 g/mol. The van der Waals surface area contributed by atoms with Gasteiger partial charge in [-0.3, -0.25) is 19.1 Å². The third-order valence-electron chi connectivity index (χ3n) is 5.17. The fourth-order valence-corrected chi connectivity index (χ4v) is 3.57. The maximum absolute atomic E-state index is 13.2. The molecule has 0 fully saturated rings. The number of aryl methyl sites for hydroxylation is 1. The molecule has 10 heteroatoms. The lowest BCUT2D eigenvalue weighted by Crippen LogP contribution is -2.39. The minimum absolute atomic E-state index is 0.116. The highest BCUT2D eigenvalue weighted by Crippen LogP contribution is 2.23. The summed E-state index contributed by atoms with van der Waals surface area (Å²) >= 11 is 0. The number of nitrogens with one attached hydrogen (secondary N) is 2. The topological polar surface area (TPSA) is 143 Å². The highest BCUT2D eigenvalue weighted by Gasteiger charge is 2.28. The van der Waals surface area contributed by atoms with Crippen LogP contribution in [0, 0.1) is 13.8 Å². The molecule has 4 N–H and O–H groups in total. The normalized spacial score (nSPS) is 10.8. The van der Waals surface area contributed by atoms with E-state index in [1.807, 2.05) is 30.3 Å². The number of esters is 1. The van der Waals surface area contributed by atoms with E-state index in [0.717, 1.165) is 10.5 Å². The molecule has 168 valence electrons. The summed E-state index contributed by atoms with van der Waals surface area (Å²) in [4.78, 5) is 56.6. The van der Waals surface area contributed by atoms with Gasteiger partial charge in [0.25, 0.3) is 11.5 Å². The molecule has 0 unspecified atom stereocenters. The lowest BCUT2D eigenvalue weighted by Gasteiger charge is -2.20. The van der Waals surface area contributed by atoms with Crippen LogP contribution in [-0.4, -0.2) is 40.1 Å². The summed E-state index contributed by atoms with van der Waals surface area (Å²) in [5.41, 5.74) is 6.57. The number of carbonyl (C=O) groups is 2. The Morgan fingerprint density at radius 2 is 1.78 bits per heavy atom. The van der Waals surface area contributed by atoms with Crippen LogP contribution in [0.3, 0.4) is 0 Å². The summed E-state index contributed by atoms with van der Waals surface area (Å²) in [6, 6.07) is 9.10. The fraction of sp³-hybridized carbons (Fsp3) is 0.273. The summed E-state index contributed by atoms with van der Waals surface area (Å²) in [5.74, 6) is -1.29. The number of nitrogens with zero attached hydrogens (tertiary/aromatic N) is 2. The first-order valence-electron chi connectivity index (χ1n) is 9.98. The van der Waals surface area contributed by atoms with Crippen molar-refractivity contribution in [1.29, 1.82) is 0 Å². The first-order valence-corrected chi connectivity index (χ1v) is 9.98. The molecule has 0 aliphatic heterocycles. The first-order chi connectivity index (χ1) is 15.2. The van der Waals surface area contributed by atoms with Gasteiger partial charge in [-0.2, -0.15) is 0 Å². The predicted molar refractivity (Wildman–Crippen MR) is 120 cm³/mol. The summed E-state index contributed by atoms with van der Waals surface area (Å²) in [5, 5.41) is 0. The van der Waals surface area contributed by atoms with Crippen molar-refractivity contribution in [3.8, 4) is 0 Å². The molecule has 10 nitrogen and oxygen atoms in total. The number of aromatic amines is 2. The Labute approximate surface area is 183 Å². The molecule has 1 aromatic carbocycles. The predicted octanol–water partition coefficient (Wildman–Crippen LogP) is 1.57. The standard InChI is InChI=1S/C22H25N5O5/c1-5-32-21(30)15-12(2)16(24-13(15)3)20(29)26(4)17-18(23)27(22(31)25-19(17)28)11-14-9-7-6-8-10-14/h6-10,24H,5,11,23H2,1-4H3,(H,25,28,31). The SMILES string of the molecule is CCOC(=O)c1c(C)[nH]c(C(=O)N(C)c2c(N)n(Cc3ccccc3)c(=O)[nH]c2=O)c1C. The monoisotopic (exact) mass is 439 g/mol. The number of hydrogen-bond acceptors (Lipinski definition) is 6. The van der Waals surface area contributed by atoms with Crippen LogP contribution in [0.5, 0.6) is 0 Å². The van der Waals surface area contributed by atoms with Gasteiger partial charge in [-0.25, -0.2) is 9.59 Å². The van der Waals surface area contributed by atoms with Crippen LogP contribution in [0.2, 0.25) is 0 Å². The summed E-state index contributed by atoms with van der Waals surface area (Å²) < 4.78 is 6.24. The van der Waals surface area contributed by atoms with E-state index in [4.69, 9.17) is 10.5 Å². The number of anilines is 2. The maximum Gasteiger partial charge on any atom is 0.340 e. The van der Waals surface area contributed by atoms with E-state index in [-0.39, 0.29) is 35.9 Å². The highest BCUT2D eigenvalue weighted by molar-refractivity contribution is 6.08. The molecule has 2 aromatic heterocycles. The Hall–Kier alpha value is -4.08. The van der Waals surface area contributed by atoms with Crippen molar-refractivity contribution in [2.24, 2.45) is 0 Å². The highest BCUT2D eigenvalue weighted by atomic mass is 16.5. The van der Waals surface area contributed by atoms with Gasteiger partial charge in [0.05, 0.1) is 18.7 Å². The van der Waals surface area contributed by atoms with Crippen molar-refractivity contribution in [1.82, 2.24) is 14.5 Å². The number of hydrogen-bond donors (Lipinski definition) is 3. The summed E-state index contributed by atoms with van der Waals surface area (Å²) in [6.45, 7) is 5.26. The quantitative estimate of drug-likeness (QED) is 0.498. The van der Waals surface area contributed by atoms with E-state index in [2.05, 4.69) is 9.97 Å². The molecule has 0 saturated carbocycles. The van der Waals surface area contributed by atoms with E-state index in [1.54, 1.807) is 20.8 Å². The zero-order valence-corrected chi connectivity index (χ0v) is 18.3. The van der Waals surface area contributed by atoms with Gasteiger partial charge >= 0.3 is 11.7 Å². The van der Waals surface area contributed by atoms with E-state index in [9.17, 15) is 19.2 Å². The lowest BCUT2D eigenvalue weighted by molar-refractivity contribution is 0.0525. The minimum Gasteiger partial charge on any atom is -0.462 e. The number of amides is 1. The first kappa shape index (κ1) is 22.6. The van der Waals surface area contributed by atoms with Crippen LogP contribution in [-0.2, 0) is 11.3 Å². The Morgan fingerprint density at radius 3 is 2.41 bits per heavy atom. The number of rotatable bonds is 6. The molecular formula is C22H25N5O5. The van der Waals surface area contributed by atoms with Crippen LogP contribution in [0.25, 0.3) is 0 Å². The molecule has 0 aliphatic carbocycles. The summed E-state index contributed by atoms with van der Waals surface area (Å²) in [6.07, 6.45) is 0. The number of carbonyl (C=O) groups excluding carboxylic acids is 2. The Morgan fingerprint density at radius 1 is 1.12 bits per heavy atom. The second-order valence-corrected chi connectivity index (χ2v) is 7.27. The molecule has 2 heterocycles. The molecule has 3 aromatic rings. The van der Waals surface area contributed by atoms with Crippen LogP contribution >= 0.6 is 0 Å². The minimum atomic E-state index is -0.792. The Kier molecular flexibility index (Phi) is 6.33. The third-order valence-corrected chi connectivity index (χ3v) is 5.17. The van der Waals surface area contributed by atoms with Crippen LogP contribution in [0.4, 0.5) is 11.5 Å². The van der Waals surface area contributed by atoms with E-state index in [0.29, 0.717) is 11.3 Å². The van der Waals surface area contributed by atoms with Crippen LogP contribution < -0.4 is 21.9 Å². The number of nitrogens with two attached hydrogens (primary N) is 1. The third kappa shape index (κ3) is 4.07. The van der Waals surface area contributed by atoms with E-state index < -0.39 is 23.1 Å². The lowest BCUT2D eigenvalue weighted by atomic mass is 10.1. The van der Waals surface area contributed by atoms with Gasteiger partial charge in [0.2, 0.25) is 0 Å². The van der Waals surface area contributed by atoms with Crippen LogP contribution in [0.1, 0.15) is 44.6 Å². The van der Waals surface area contributed by atoms with Gasteiger partial charge in [0, 0.05) is 12.7 Å². The van der Waals surface area contributed by atoms with Crippen molar-refractivity contribution in [3.63, 3.8) is 0 Å². The number of aromatic nitrogens is 3. The number of H-pyrrole nitrogens is 2. The molecule has 1 amide bonds. The Bertz CT molecular complexity index is 1290. The van der Waals surface area contributed by atoms with E-state index >= 15 is 0 Å². The van der Waals surface area contributed by atoms with Crippen molar-refractivity contribution in [2.45, 2.75) is 27.3 Å². The van der Waals surface area contributed by atoms with Gasteiger partial charge in [0.1, 0.15) is 11.5 Å². The van der Waals surface area contributed by atoms with Gasteiger partial charge in [-0.1, -0.05) is 30.3 Å². The second-order valence-electron chi connectivity index (χ2n) is 7.27. The molecule has 0 saturated heterocycles. The molecule has 32 heavy (non-hydrogen) atoms. The molecule has 0 bridgehead atoms. The van der Waals surface area contributed by atoms with Crippen molar-refractivity contribution >= 4 is 23.4 Å². The number of nitrogen functional groups attached to an aromatic ring is 1. The smallest absolute Gasteiger partial charge is 0.340 e.